The first-order valence-corrected chi connectivity index (χ1v) is 9.34. The van der Waals surface area contributed by atoms with Gasteiger partial charge in [0.2, 0.25) is 11.8 Å². The van der Waals surface area contributed by atoms with Crippen molar-refractivity contribution in [3.63, 3.8) is 0 Å². The summed E-state index contributed by atoms with van der Waals surface area (Å²) in [7, 11) is 0. The zero-order valence-corrected chi connectivity index (χ0v) is 16.0. The van der Waals surface area contributed by atoms with Gasteiger partial charge in [0.25, 0.3) is 0 Å². The molecular formula is C22H27FN2O2. The summed E-state index contributed by atoms with van der Waals surface area (Å²) in [4.78, 5) is 26.8. The van der Waals surface area contributed by atoms with Crippen LogP contribution in [0.15, 0.2) is 54.6 Å². The third-order valence-electron chi connectivity index (χ3n) is 4.45. The lowest BCUT2D eigenvalue weighted by Crippen LogP contribution is -2.50. The smallest absolute Gasteiger partial charge is 0.243 e. The second-order valence-corrected chi connectivity index (χ2v) is 6.62. The van der Waals surface area contributed by atoms with Gasteiger partial charge in [-0.3, -0.25) is 9.59 Å². The number of unbranched alkanes of at least 4 members (excludes halogenated alkanes) is 1. The molecule has 1 atom stereocenters. The van der Waals surface area contributed by atoms with Crippen LogP contribution >= 0.6 is 0 Å². The van der Waals surface area contributed by atoms with Crippen molar-refractivity contribution in [2.45, 2.75) is 45.7 Å². The Hall–Kier alpha value is -2.69. The molecule has 0 fully saturated rings. The third-order valence-corrected chi connectivity index (χ3v) is 4.45. The van der Waals surface area contributed by atoms with Crippen LogP contribution in [0.2, 0.25) is 0 Å². The van der Waals surface area contributed by atoms with Gasteiger partial charge >= 0.3 is 0 Å². The van der Waals surface area contributed by atoms with Crippen LogP contribution < -0.4 is 5.32 Å². The Morgan fingerprint density at radius 3 is 2.30 bits per heavy atom. The number of nitrogens with zero attached hydrogens (tertiary/aromatic N) is 1. The standard InChI is InChI=1S/C22H27FN2O2/c1-3-4-14-24-22(27)21(15-18-8-6-5-7-9-18)25(17(2)26)16-19-10-12-20(23)13-11-19/h5-13,21H,3-4,14-16H2,1-2H3,(H,24,27)/t21-/m0/s1. The van der Waals surface area contributed by atoms with Gasteiger partial charge < -0.3 is 10.2 Å². The van der Waals surface area contributed by atoms with Gasteiger partial charge in [-0.25, -0.2) is 4.39 Å². The fourth-order valence-electron chi connectivity index (χ4n) is 2.92. The molecule has 27 heavy (non-hydrogen) atoms. The van der Waals surface area contributed by atoms with Gasteiger partial charge in [-0.2, -0.15) is 0 Å². The van der Waals surface area contributed by atoms with Crippen molar-refractivity contribution in [2.24, 2.45) is 0 Å². The Labute approximate surface area is 160 Å². The highest BCUT2D eigenvalue weighted by Crippen LogP contribution is 2.15. The van der Waals surface area contributed by atoms with Crippen LogP contribution in [-0.4, -0.2) is 29.3 Å². The van der Waals surface area contributed by atoms with E-state index in [2.05, 4.69) is 12.2 Å². The second-order valence-electron chi connectivity index (χ2n) is 6.62. The topological polar surface area (TPSA) is 49.4 Å². The maximum absolute atomic E-state index is 13.2. The van der Waals surface area contributed by atoms with E-state index >= 15 is 0 Å². The number of carbonyl (C=O) groups excluding carboxylic acids is 2. The molecule has 0 radical (unpaired) electrons. The molecule has 0 unspecified atom stereocenters. The highest BCUT2D eigenvalue weighted by Gasteiger charge is 2.28. The minimum Gasteiger partial charge on any atom is -0.354 e. The highest BCUT2D eigenvalue weighted by atomic mass is 19.1. The van der Waals surface area contributed by atoms with Crippen molar-refractivity contribution in [1.29, 1.82) is 0 Å². The van der Waals surface area contributed by atoms with E-state index in [0.29, 0.717) is 13.0 Å². The van der Waals surface area contributed by atoms with Crippen molar-refractivity contribution in [1.82, 2.24) is 10.2 Å². The molecule has 144 valence electrons. The Balaban J connectivity index is 2.23. The van der Waals surface area contributed by atoms with E-state index in [1.54, 1.807) is 17.0 Å². The van der Waals surface area contributed by atoms with Gasteiger partial charge in [0.1, 0.15) is 11.9 Å². The fourth-order valence-corrected chi connectivity index (χ4v) is 2.92. The fraction of sp³-hybridized carbons (Fsp3) is 0.364. The molecule has 2 amide bonds. The highest BCUT2D eigenvalue weighted by molar-refractivity contribution is 5.87. The lowest BCUT2D eigenvalue weighted by Gasteiger charge is -2.30. The molecule has 2 rings (SSSR count). The van der Waals surface area contributed by atoms with E-state index in [-0.39, 0.29) is 24.2 Å². The lowest BCUT2D eigenvalue weighted by atomic mass is 10.0. The van der Waals surface area contributed by atoms with Crippen LogP contribution in [0.5, 0.6) is 0 Å². The summed E-state index contributed by atoms with van der Waals surface area (Å²) < 4.78 is 13.2. The molecule has 0 saturated heterocycles. The first-order chi connectivity index (χ1) is 13.0. The first kappa shape index (κ1) is 20.6. The SMILES string of the molecule is CCCCNC(=O)[C@H](Cc1ccccc1)N(Cc1ccc(F)cc1)C(C)=O. The number of nitrogens with one attached hydrogen (secondary N) is 1. The van der Waals surface area contributed by atoms with Gasteiger partial charge in [0.15, 0.2) is 0 Å². The van der Waals surface area contributed by atoms with E-state index < -0.39 is 6.04 Å². The van der Waals surface area contributed by atoms with Gasteiger partial charge in [-0.1, -0.05) is 55.8 Å². The van der Waals surface area contributed by atoms with E-state index in [4.69, 9.17) is 0 Å². The predicted molar refractivity (Wildman–Crippen MR) is 104 cm³/mol. The molecule has 0 aliphatic carbocycles. The minimum atomic E-state index is -0.619. The summed E-state index contributed by atoms with van der Waals surface area (Å²) >= 11 is 0. The summed E-state index contributed by atoms with van der Waals surface area (Å²) in [5, 5.41) is 2.94. The average Bonchev–Trinajstić information content (AvgIpc) is 2.66. The summed E-state index contributed by atoms with van der Waals surface area (Å²) in [5.74, 6) is -0.679. The maximum atomic E-state index is 13.2. The normalized spacial score (nSPS) is 11.7. The van der Waals surface area contributed by atoms with Crippen molar-refractivity contribution < 1.29 is 14.0 Å². The summed E-state index contributed by atoms with van der Waals surface area (Å²) in [6, 6.07) is 15.0. The molecule has 5 heteroatoms. The van der Waals surface area contributed by atoms with Crippen molar-refractivity contribution in [3.05, 3.63) is 71.5 Å². The van der Waals surface area contributed by atoms with E-state index in [9.17, 15) is 14.0 Å². The number of rotatable bonds is 9. The lowest BCUT2D eigenvalue weighted by molar-refractivity contribution is -0.139. The summed E-state index contributed by atoms with van der Waals surface area (Å²) in [6.07, 6.45) is 2.30. The van der Waals surface area contributed by atoms with Gasteiger partial charge in [-0.15, -0.1) is 0 Å². The van der Waals surface area contributed by atoms with Crippen molar-refractivity contribution in [2.75, 3.05) is 6.54 Å². The molecule has 4 nitrogen and oxygen atoms in total. The molecule has 0 saturated carbocycles. The molecule has 0 heterocycles. The Kier molecular flexibility index (Phi) is 7.99. The van der Waals surface area contributed by atoms with E-state index in [0.717, 1.165) is 24.0 Å². The Morgan fingerprint density at radius 2 is 1.70 bits per heavy atom. The van der Waals surface area contributed by atoms with Gasteiger partial charge in [0.05, 0.1) is 0 Å². The van der Waals surface area contributed by atoms with Gasteiger partial charge in [0, 0.05) is 26.4 Å². The second kappa shape index (κ2) is 10.5. The molecule has 0 aliphatic heterocycles. The quantitative estimate of drug-likeness (QED) is 0.684. The molecule has 2 aromatic rings. The molecule has 2 aromatic carbocycles. The summed E-state index contributed by atoms with van der Waals surface area (Å²) in [5.41, 5.74) is 1.77. The van der Waals surface area contributed by atoms with Crippen LogP contribution in [0.4, 0.5) is 4.39 Å². The monoisotopic (exact) mass is 370 g/mol. The predicted octanol–water partition coefficient (Wildman–Crippen LogP) is 3.70. The first-order valence-electron chi connectivity index (χ1n) is 9.34. The Morgan fingerprint density at radius 1 is 1.04 bits per heavy atom. The van der Waals surface area contributed by atoms with Crippen LogP contribution in [-0.2, 0) is 22.6 Å². The number of benzene rings is 2. The van der Waals surface area contributed by atoms with E-state index in [1.165, 1.54) is 19.1 Å². The molecule has 0 aliphatic rings. The van der Waals surface area contributed by atoms with Crippen molar-refractivity contribution in [3.8, 4) is 0 Å². The molecule has 1 N–H and O–H groups in total. The average molecular weight is 370 g/mol. The third kappa shape index (κ3) is 6.51. The Bertz CT molecular complexity index is 732. The zero-order valence-electron chi connectivity index (χ0n) is 16.0. The molecule has 0 spiro atoms. The minimum absolute atomic E-state index is 0.162. The van der Waals surface area contributed by atoms with Crippen LogP contribution in [0.25, 0.3) is 0 Å². The van der Waals surface area contributed by atoms with Crippen LogP contribution in [0.1, 0.15) is 37.8 Å². The van der Waals surface area contributed by atoms with Crippen LogP contribution in [0, 0.1) is 5.82 Å². The van der Waals surface area contributed by atoms with Crippen LogP contribution in [0.3, 0.4) is 0 Å². The molecule has 0 aromatic heterocycles. The van der Waals surface area contributed by atoms with E-state index in [1.807, 2.05) is 30.3 Å². The summed E-state index contributed by atoms with van der Waals surface area (Å²) in [6.45, 7) is 4.36. The number of hydrogen-bond acceptors (Lipinski definition) is 2. The number of amides is 2. The molecular weight excluding hydrogens is 343 g/mol. The largest absolute Gasteiger partial charge is 0.354 e. The van der Waals surface area contributed by atoms with Crippen molar-refractivity contribution >= 4 is 11.8 Å². The number of halogens is 1. The van der Waals surface area contributed by atoms with Gasteiger partial charge in [-0.05, 0) is 29.7 Å². The zero-order chi connectivity index (χ0) is 19.6. The maximum Gasteiger partial charge on any atom is 0.243 e. The number of hydrogen-bond donors (Lipinski definition) is 1. The number of carbonyl (C=O) groups is 2. The molecule has 0 bridgehead atoms.